The topological polar surface area (TPSA) is 23.6 Å². The summed E-state index contributed by atoms with van der Waals surface area (Å²) in [7, 11) is 0. The first-order chi connectivity index (χ1) is 9.78. The molecule has 2 heterocycles. The van der Waals surface area contributed by atoms with Gasteiger partial charge in [0.05, 0.1) is 0 Å². The number of hydrogen-bond donors (Lipinski definition) is 0. The van der Waals surface area contributed by atoms with Crippen LogP contribution in [0.4, 0.5) is 17.6 Å². The summed E-state index contributed by atoms with van der Waals surface area (Å²) in [5.41, 5.74) is -0.0329. The molecule has 7 heteroatoms. The van der Waals surface area contributed by atoms with Crippen LogP contribution in [-0.4, -0.2) is 60.8 Å². The van der Waals surface area contributed by atoms with E-state index in [1.54, 1.807) is 4.90 Å². The van der Waals surface area contributed by atoms with E-state index in [9.17, 15) is 22.4 Å². The quantitative estimate of drug-likeness (QED) is 0.729. The molecule has 2 rings (SSSR count). The molecule has 2 aliphatic heterocycles. The molecule has 0 atom stereocenters. The van der Waals surface area contributed by atoms with Gasteiger partial charge in [-0.1, -0.05) is 0 Å². The zero-order valence-corrected chi connectivity index (χ0v) is 12.3. The molecule has 0 aliphatic carbocycles. The Morgan fingerprint density at radius 2 is 1.90 bits per heavy atom. The second-order valence-electron chi connectivity index (χ2n) is 6.24. The zero-order chi connectivity index (χ0) is 15.7. The van der Waals surface area contributed by atoms with Crippen LogP contribution >= 0.6 is 0 Å². The Kier molecular flexibility index (Phi) is 4.80. The van der Waals surface area contributed by atoms with Gasteiger partial charge in [0, 0.05) is 32.5 Å². The van der Waals surface area contributed by atoms with E-state index in [1.807, 2.05) is 11.8 Å². The van der Waals surface area contributed by atoms with Crippen molar-refractivity contribution in [3.63, 3.8) is 0 Å². The van der Waals surface area contributed by atoms with Crippen molar-refractivity contribution in [3.05, 3.63) is 0 Å². The van der Waals surface area contributed by atoms with E-state index < -0.39 is 18.8 Å². The number of piperidine rings is 1. The molecule has 3 nitrogen and oxygen atoms in total. The molecular weight excluding hydrogens is 288 g/mol. The fourth-order valence-electron chi connectivity index (χ4n) is 3.27. The van der Waals surface area contributed by atoms with E-state index >= 15 is 0 Å². The Morgan fingerprint density at radius 3 is 2.38 bits per heavy atom. The van der Waals surface area contributed by atoms with Gasteiger partial charge in [-0.05, 0) is 38.3 Å². The molecule has 0 saturated carbocycles. The minimum atomic E-state index is -3.91. The molecule has 0 radical (unpaired) electrons. The highest BCUT2D eigenvalue weighted by molar-refractivity contribution is 5.79. The largest absolute Gasteiger partial charge is 0.342 e. The molecule has 1 amide bonds. The third-order valence-corrected chi connectivity index (χ3v) is 4.78. The molecule has 0 N–H and O–H groups in total. The summed E-state index contributed by atoms with van der Waals surface area (Å²) in [6.07, 6.45) is -2.33. The number of halogens is 4. The van der Waals surface area contributed by atoms with Crippen LogP contribution in [0.1, 0.15) is 32.6 Å². The van der Waals surface area contributed by atoms with Crippen molar-refractivity contribution in [2.75, 3.05) is 32.7 Å². The molecule has 1 spiro atoms. The van der Waals surface area contributed by atoms with Gasteiger partial charge in [-0.15, -0.1) is 0 Å². The van der Waals surface area contributed by atoms with E-state index in [4.69, 9.17) is 0 Å². The Morgan fingerprint density at radius 1 is 1.29 bits per heavy atom. The highest BCUT2D eigenvalue weighted by Gasteiger charge is 2.45. The maximum absolute atomic E-state index is 12.9. The second-order valence-corrected chi connectivity index (χ2v) is 6.24. The summed E-state index contributed by atoms with van der Waals surface area (Å²) in [5.74, 6) is -3.74. The fraction of sp³-hybridized carbons (Fsp3) is 0.929. The molecule has 122 valence electrons. The zero-order valence-electron chi connectivity index (χ0n) is 12.3. The van der Waals surface area contributed by atoms with Crippen molar-refractivity contribution in [1.82, 2.24) is 9.80 Å². The standard InChI is InChI=1S/C14H22F4N2O/c1-2-20-10-13(9-11(20)21)3-6-19(7-4-13)8-5-14(17,18)12(15)16/h12H,2-10H2,1H3. The van der Waals surface area contributed by atoms with Gasteiger partial charge in [0.1, 0.15) is 0 Å². The smallest absolute Gasteiger partial charge is 0.308 e. The molecule has 21 heavy (non-hydrogen) atoms. The molecule has 0 unspecified atom stereocenters. The van der Waals surface area contributed by atoms with Crippen LogP contribution in [0.3, 0.4) is 0 Å². The van der Waals surface area contributed by atoms with E-state index in [1.165, 1.54) is 0 Å². The van der Waals surface area contributed by atoms with Crippen LogP contribution in [0.25, 0.3) is 0 Å². The van der Waals surface area contributed by atoms with E-state index in [-0.39, 0.29) is 17.9 Å². The van der Waals surface area contributed by atoms with Crippen molar-refractivity contribution in [3.8, 4) is 0 Å². The summed E-state index contributed by atoms with van der Waals surface area (Å²) in [6.45, 7) is 4.57. The number of rotatable bonds is 5. The van der Waals surface area contributed by atoms with Crippen LogP contribution in [0.5, 0.6) is 0 Å². The normalized spacial score (nSPS) is 23.5. The summed E-state index contributed by atoms with van der Waals surface area (Å²) >= 11 is 0. The number of nitrogens with zero attached hydrogens (tertiary/aromatic N) is 2. The molecular formula is C14H22F4N2O. The van der Waals surface area contributed by atoms with Gasteiger partial charge < -0.3 is 9.80 Å². The SMILES string of the molecule is CCN1CC2(CCN(CCC(F)(F)C(F)F)CC2)CC1=O. The average Bonchev–Trinajstić information content (AvgIpc) is 2.74. The lowest BCUT2D eigenvalue weighted by atomic mass is 9.77. The number of hydrogen-bond acceptors (Lipinski definition) is 2. The van der Waals surface area contributed by atoms with E-state index in [0.29, 0.717) is 26.1 Å². The van der Waals surface area contributed by atoms with Crippen LogP contribution in [0.15, 0.2) is 0 Å². The molecule has 0 bridgehead atoms. The molecule has 0 aromatic heterocycles. The maximum atomic E-state index is 12.9. The molecule has 2 saturated heterocycles. The van der Waals surface area contributed by atoms with Gasteiger partial charge >= 0.3 is 12.3 Å². The molecule has 0 aromatic carbocycles. The van der Waals surface area contributed by atoms with Gasteiger partial charge in [-0.3, -0.25) is 4.79 Å². The third-order valence-electron chi connectivity index (χ3n) is 4.78. The predicted molar refractivity (Wildman–Crippen MR) is 70.5 cm³/mol. The molecule has 2 fully saturated rings. The molecule has 2 aliphatic rings. The van der Waals surface area contributed by atoms with Gasteiger partial charge in [0.2, 0.25) is 5.91 Å². The van der Waals surface area contributed by atoms with Crippen LogP contribution in [-0.2, 0) is 4.79 Å². The summed E-state index contributed by atoms with van der Waals surface area (Å²) in [5, 5.41) is 0. The number of likely N-dealkylation sites (tertiary alicyclic amines) is 2. The highest BCUT2D eigenvalue weighted by atomic mass is 19.3. The Labute approximate surface area is 122 Å². The lowest BCUT2D eigenvalue weighted by Gasteiger charge is -2.39. The highest BCUT2D eigenvalue weighted by Crippen LogP contribution is 2.41. The third kappa shape index (κ3) is 3.67. The Balaban J connectivity index is 1.80. The maximum Gasteiger partial charge on any atom is 0.308 e. The first kappa shape index (κ1) is 16.5. The number of carbonyl (C=O) groups is 1. The van der Waals surface area contributed by atoms with Crippen molar-refractivity contribution < 1.29 is 22.4 Å². The van der Waals surface area contributed by atoms with Gasteiger partial charge in [0.15, 0.2) is 0 Å². The van der Waals surface area contributed by atoms with E-state index in [2.05, 4.69) is 0 Å². The lowest BCUT2D eigenvalue weighted by molar-refractivity contribution is -0.136. The summed E-state index contributed by atoms with van der Waals surface area (Å²) in [6, 6.07) is 0. The van der Waals surface area contributed by atoms with Crippen molar-refractivity contribution in [2.45, 2.75) is 45.0 Å². The monoisotopic (exact) mass is 310 g/mol. The first-order valence-corrected chi connectivity index (χ1v) is 7.44. The van der Waals surface area contributed by atoms with Gasteiger partial charge in [-0.2, -0.15) is 0 Å². The van der Waals surface area contributed by atoms with Crippen molar-refractivity contribution >= 4 is 5.91 Å². The van der Waals surface area contributed by atoms with Crippen LogP contribution in [0.2, 0.25) is 0 Å². The predicted octanol–water partition coefficient (Wildman–Crippen LogP) is 2.61. The second kappa shape index (κ2) is 6.10. The molecule has 0 aromatic rings. The van der Waals surface area contributed by atoms with Crippen molar-refractivity contribution in [1.29, 1.82) is 0 Å². The Bertz CT molecular complexity index is 381. The summed E-state index contributed by atoms with van der Waals surface area (Å²) < 4.78 is 50.1. The number of amides is 1. The van der Waals surface area contributed by atoms with E-state index in [0.717, 1.165) is 19.4 Å². The number of carbonyl (C=O) groups excluding carboxylic acids is 1. The fourth-order valence-corrected chi connectivity index (χ4v) is 3.27. The Hall–Kier alpha value is -0.850. The van der Waals surface area contributed by atoms with Crippen LogP contribution < -0.4 is 0 Å². The van der Waals surface area contributed by atoms with Crippen molar-refractivity contribution in [2.24, 2.45) is 5.41 Å². The summed E-state index contributed by atoms with van der Waals surface area (Å²) in [4.78, 5) is 15.5. The van der Waals surface area contributed by atoms with Crippen LogP contribution in [0, 0.1) is 5.41 Å². The van der Waals surface area contributed by atoms with Gasteiger partial charge in [0.25, 0.3) is 0 Å². The lowest BCUT2D eigenvalue weighted by Crippen LogP contribution is -2.43. The number of alkyl halides is 4. The minimum absolute atomic E-state index is 0.0150. The average molecular weight is 310 g/mol. The minimum Gasteiger partial charge on any atom is -0.342 e. The first-order valence-electron chi connectivity index (χ1n) is 7.44. The van der Waals surface area contributed by atoms with Gasteiger partial charge in [-0.25, -0.2) is 17.6 Å².